The molecule has 2 N–H and O–H groups in total. The monoisotopic (exact) mass is 250 g/mol. The molecule has 0 saturated heterocycles. The van der Waals surface area contributed by atoms with Gasteiger partial charge in [0.2, 0.25) is 0 Å². The van der Waals surface area contributed by atoms with E-state index in [2.05, 4.69) is 18.0 Å². The molecule has 0 atom stereocenters. The van der Waals surface area contributed by atoms with Gasteiger partial charge in [0.15, 0.2) is 0 Å². The highest BCUT2D eigenvalue weighted by molar-refractivity contribution is 5.15. The Bertz CT molecular complexity index is 366. The van der Waals surface area contributed by atoms with Crippen LogP contribution in [0.1, 0.15) is 43.4 Å². The highest BCUT2D eigenvalue weighted by atomic mass is 16.3. The van der Waals surface area contributed by atoms with Crippen LogP contribution in [0.3, 0.4) is 0 Å². The number of furan rings is 1. The molecule has 1 aliphatic carbocycles. The Kier molecular flexibility index (Phi) is 4.46. The first-order valence-corrected chi connectivity index (χ1v) is 7.07. The molecule has 0 spiro atoms. The van der Waals surface area contributed by atoms with E-state index in [1.165, 1.54) is 37.7 Å². The molecule has 1 fully saturated rings. The van der Waals surface area contributed by atoms with Crippen molar-refractivity contribution in [3.05, 3.63) is 23.7 Å². The van der Waals surface area contributed by atoms with Crippen molar-refractivity contribution in [3.63, 3.8) is 0 Å². The van der Waals surface area contributed by atoms with Gasteiger partial charge in [0.25, 0.3) is 0 Å². The molecule has 1 saturated carbocycles. The summed E-state index contributed by atoms with van der Waals surface area (Å²) in [6, 6.07) is 2.07. The van der Waals surface area contributed by atoms with Crippen LogP contribution in [0.15, 0.2) is 16.7 Å². The first kappa shape index (κ1) is 13.6. The fourth-order valence-electron chi connectivity index (χ4n) is 3.22. The van der Waals surface area contributed by atoms with Crippen LogP contribution in [0.4, 0.5) is 0 Å². The number of nitrogens with two attached hydrogens (primary N) is 1. The normalized spacial score (nSPS) is 19.3. The highest BCUT2D eigenvalue weighted by Crippen LogP contribution is 2.36. The van der Waals surface area contributed by atoms with E-state index < -0.39 is 0 Å². The Morgan fingerprint density at radius 1 is 1.33 bits per heavy atom. The first-order chi connectivity index (χ1) is 8.65. The van der Waals surface area contributed by atoms with Gasteiger partial charge < -0.3 is 15.1 Å². The predicted molar refractivity (Wildman–Crippen MR) is 74.4 cm³/mol. The van der Waals surface area contributed by atoms with E-state index >= 15 is 0 Å². The Morgan fingerprint density at radius 2 is 2.06 bits per heavy atom. The summed E-state index contributed by atoms with van der Waals surface area (Å²) in [6.07, 6.45) is 8.42. The van der Waals surface area contributed by atoms with Crippen LogP contribution in [-0.2, 0) is 6.54 Å². The minimum Gasteiger partial charge on any atom is -0.469 e. The molecule has 3 heteroatoms. The van der Waals surface area contributed by atoms with Crippen molar-refractivity contribution in [2.75, 3.05) is 20.1 Å². The van der Waals surface area contributed by atoms with Crippen molar-refractivity contribution < 1.29 is 4.42 Å². The summed E-state index contributed by atoms with van der Waals surface area (Å²) in [5, 5.41) is 0. The van der Waals surface area contributed by atoms with Crippen molar-refractivity contribution in [1.82, 2.24) is 4.90 Å². The molecule has 0 radical (unpaired) electrons. The van der Waals surface area contributed by atoms with E-state index in [0.29, 0.717) is 5.41 Å². The molecule has 2 rings (SSSR count). The van der Waals surface area contributed by atoms with Crippen molar-refractivity contribution >= 4 is 0 Å². The van der Waals surface area contributed by atoms with E-state index in [0.717, 1.165) is 25.4 Å². The molecule has 1 aromatic rings. The third kappa shape index (κ3) is 3.15. The number of nitrogens with zero attached hydrogens (tertiary/aromatic N) is 1. The summed E-state index contributed by atoms with van der Waals surface area (Å²) in [5.74, 6) is 1.03. The fraction of sp³-hybridized carbons (Fsp3) is 0.733. The second-order valence-corrected chi connectivity index (χ2v) is 5.94. The standard InChI is InChI=1S/C15H26N2O/c1-13-14(6-9-18-13)10-17(2)12-15(11-16)7-4-3-5-8-15/h6,9H,3-5,7-8,10-12,16H2,1-2H3. The van der Waals surface area contributed by atoms with E-state index in [-0.39, 0.29) is 0 Å². The maximum atomic E-state index is 6.04. The highest BCUT2D eigenvalue weighted by Gasteiger charge is 2.31. The van der Waals surface area contributed by atoms with Crippen LogP contribution in [-0.4, -0.2) is 25.0 Å². The number of aryl methyl sites for hydroxylation is 1. The zero-order valence-electron chi connectivity index (χ0n) is 11.7. The van der Waals surface area contributed by atoms with Gasteiger partial charge in [-0.1, -0.05) is 19.3 Å². The zero-order valence-corrected chi connectivity index (χ0v) is 11.7. The van der Waals surface area contributed by atoms with Crippen LogP contribution >= 0.6 is 0 Å². The van der Waals surface area contributed by atoms with E-state index in [9.17, 15) is 0 Å². The van der Waals surface area contributed by atoms with Crippen LogP contribution in [0.2, 0.25) is 0 Å². The van der Waals surface area contributed by atoms with Crippen LogP contribution in [0, 0.1) is 12.3 Å². The van der Waals surface area contributed by atoms with Gasteiger partial charge in [-0.2, -0.15) is 0 Å². The Hall–Kier alpha value is -0.800. The molecule has 0 aliphatic heterocycles. The predicted octanol–water partition coefficient (Wildman–Crippen LogP) is 2.93. The summed E-state index contributed by atoms with van der Waals surface area (Å²) in [6.45, 7) is 4.92. The van der Waals surface area contributed by atoms with Gasteiger partial charge >= 0.3 is 0 Å². The molecule has 1 heterocycles. The quantitative estimate of drug-likeness (QED) is 0.873. The average molecular weight is 250 g/mol. The van der Waals surface area contributed by atoms with Gasteiger partial charge in [-0.3, -0.25) is 0 Å². The number of hydrogen-bond donors (Lipinski definition) is 1. The lowest BCUT2D eigenvalue weighted by atomic mass is 9.73. The van der Waals surface area contributed by atoms with Gasteiger partial charge in [-0.15, -0.1) is 0 Å². The van der Waals surface area contributed by atoms with Gasteiger partial charge in [0.05, 0.1) is 6.26 Å². The van der Waals surface area contributed by atoms with Crippen molar-refractivity contribution in [1.29, 1.82) is 0 Å². The SMILES string of the molecule is Cc1occc1CN(C)CC1(CN)CCCCC1. The maximum absolute atomic E-state index is 6.04. The molecular weight excluding hydrogens is 224 g/mol. The minimum atomic E-state index is 0.352. The molecule has 0 bridgehead atoms. The summed E-state index contributed by atoms with van der Waals surface area (Å²) < 4.78 is 5.36. The molecule has 0 unspecified atom stereocenters. The molecule has 1 aromatic heterocycles. The Balaban J connectivity index is 1.93. The first-order valence-electron chi connectivity index (χ1n) is 7.07. The zero-order chi connectivity index (χ0) is 13.0. The second-order valence-electron chi connectivity index (χ2n) is 5.94. The average Bonchev–Trinajstić information content (AvgIpc) is 2.76. The topological polar surface area (TPSA) is 42.4 Å². The van der Waals surface area contributed by atoms with Gasteiger partial charge in [-0.25, -0.2) is 0 Å². The lowest BCUT2D eigenvalue weighted by Crippen LogP contribution is -2.42. The molecule has 0 amide bonds. The van der Waals surface area contributed by atoms with Gasteiger partial charge in [-0.05, 0) is 44.8 Å². The van der Waals surface area contributed by atoms with E-state index in [4.69, 9.17) is 10.2 Å². The largest absolute Gasteiger partial charge is 0.469 e. The summed E-state index contributed by atoms with van der Waals surface area (Å²) in [7, 11) is 2.19. The van der Waals surface area contributed by atoms with Crippen LogP contribution in [0.5, 0.6) is 0 Å². The fourth-order valence-corrected chi connectivity index (χ4v) is 3.22. The summed E-state index contributed by atoms with van der Waals surface area (Å²) in [5.41, 5.74) is 7.69. The van der Waals surface area contributed by atoms with Gasteiger partial charge in [0.1, 0.15) is 5.76 Å². The molecule has 0 aromatic carbocycles. The third-order valence-corrected chi connectivity index (χ3v) is 4.36. The van der Waals surface area contributed by atoms with Crippen molar-refractivity contribution in [2.45, 2.75) is 45.6 Å². The third-order valence-electron chi connectivity index (χ3n) is 4.36. The molecule has 18 heavy (non-hydrogen) atoms. The van der Waals surface area contributed by atoms with Gasteiger partial charge in [0, 0.05) is 18.7 Å². The smallest absolute Gasteiger partial charge is 0.105 e. The summed E-state index contributed by atoms with van der Waals surface area (Å²) in [4.78, 5) is 2.40. The minimum absolute atomic E-state index is 0.352. The lowest BCUT2D eigenvalue weighted by Gasteiger charge is -2.39. The summed E-state index contributed by atoms with van der Waals surface area (Å²) >= 11 is 0. The van der Waals surface area contributed by atoms with E-state index in [1.807, 2.05) is 6.92 Å². The molecule has 102 valence electrons. The van der Waals surface area contributed by atoms with Crippen molar-refractivity contribution in [3.8, 4) is 0 Å². The van der Waals surface area contributed by atoms with E-state index in [1.54, 1.807) is 6.26 Å². The Labute approximate surface area is 110 Å². The van der Waals surface area contributed by atoms with Crippen LogP contribution in [0.25, 0.3) is 0 Å². The second kappa shape index (κ2) is 5.89. The van der Waals surface area contributed by atoms with Crippen LogP contribution < -0.4 is 5.73 Å². The molecular formula is C15H26N2O. The Morgan fingerprint density at radius 3 is 2.61 bits per heavy atom. The number of rotatable bonds is 5. The maximum Gasteiger partial charge on any atom is 0.105 e. The molecule has 3 nitrogen and oxygen atoms in total. The number of hydrogen-bond acceptors (Lipinski definition) is 3. The molecule has 1 aliphatic rings. The lowest BCUT2D eigenvalue weighted by molar-refractivity contribution is 0.124. The van der Waals surface area contributed by atoms with Crippen molar-refractivity contribution in [2.24, 2.45) is 11.1 Å².